The number of carbonyl (C=O) groups is 1. The summed E-state index contributed by atoms with van der Waals surface area (Å²) in [4.78, 5) is 28.7. The van der Waals surface area contributed by atoms with Crippen molar-refractivity contribution in [1.29, 1.82) is 0 Å². The Bertz CT molecular complexity index is 1220. The van der Waals surface area contributed by atoms with Gasteiger partial charge in [-0.2, -0.15) is 0 Å². The van der Waals surface area contributed by atoms with E-state index in [9.17, 15) is 4.79 Å². The third kappa shape index (κ3) is 4.19. The minimum atomic E-state index is 0.150. The van der Waals surface area contributed by atoms with E-state index < -0.39 is 0 Å². The Hall–Kier alpha value is -3.74. The summed E-state index contributed by atoms with van der Waals surface area (Å²) in [5.74, 6) is 1.19. The van der Waals surface area contributed by atoms with Gasteiger partial charge in [0.15, 0.2) is 0 Å². The lowest BCUT2D eigenvalue weighted by Crippen LogP contribution is -2.40. The number of likely N-dealkylation sites (tertiary alicyclic amines) is 1. The zero-order valence-corrected chi connectivity index (χ0v) is 18.1. The maximum atomic E-state index is 13.1. The third-order valence-electron chi connectivity index (χ3n) is 6.06. The van der Waals surface area contributed by atoms with Crippen molar-refractivity contribution in [3.8, 4) is 0 Å². The summed E-state index contributed by atoms with van der Waals surface area (Å²) in [6, 6.07) is 15.7. The lowest BCUT2D eigenvalue weighted by Gasteiger charge is -2.32. The first-order chi connectivity index (χ1) is 15.7. The first-order valence-corrected chi connectivity index (χ1v) is 11.0. The molecule has 4 aromatic heterocycles. The van der Waals surface area contributed by atoms with Gasteiger partial charge < -0.3 is 14.6 Å². The number of aromatic nitrogens is 4. The van der Waals surface area contributed by atoms with Crippen molar-refractivity contribution in [3.63, 3.8) is 0 Å². The molecule has 0 aliphatic carbocycles. The van der Waals surface area contributed by atoms with Crippen LogP contribution in [-0.2, 0) is 11.2 Å². The molecule has 1 aliphatic rings. The molecule has 7 nitrogen and oxygen atoms in total. The van der Waals surface area contributed by atoms with Gasteiger partial charge in [0.05, 0.1) is 29.7 Å². The maximum absolute atomic E-state index is 13.1. The van der Waals surface area contributed by atoms with Crippen molar-refractivity contribution in [2.75, 3.05) is 18.4 Å². The second-order valence-electron chi connectivity index (χ2n) is 8.24. The number of rotatable bonds is 5. The van der Waals surface area contributed by atoms with Crippen molar-refractivity contribution >= 4 is 23.1 Å². The predicted molar refractivity (Wildman–Crippen MR) is 124 cm³/mol. The maximum Gasteiger partial charge on any atom is 0.228 e. The fourth-order valence-electron chi connectivity index (χ4n) is 4.38. The molecule has 1 atom stereocenters. The highest BCUT2D eigenvalue weighted by molar-refractivity contribution is 5.79. The van der Waals surface area contributed by atoms with Gasteiger partial charge in [-0.15, -0.1) is 0 Å². The van der Waals surface area contributed by atoms with E-state index in [1.165, 1.54) is 0 Å². The third-order valence-corrected chi connectivity index (χ3v) is 6.06. The summed E-state index contributed by atoms with van der Waals surface area (Å²) in [5.41, 5.74) is 4.69. The van der Waals surface area contributed by atoms with Crippen LogP contribution in [0.15, 0.2) is 67.1 Å². The molecule has 0 saturated carbocycles. The van der Waals surface area contributed by atoms with Crippen LogP contribution in [0.2, 0.25) is 0 Å². The zero-order chi connectivity index (χ0) is 21.9. The minimum Gasteiger partial charge on any atom is -0.342 e. The Labute approximate surface area is 187 Å². The van der Waals surface area contributed by atoms with Gasteiger partial charge >= 0.3 is 0 Å². The minimum absolute atomic E-state index is 0.150. The highest BCUT2D eigenvalue weighted by atomic mass is 16.2. The number of hydrogen-bond donors (Lipinski definition) is 1. The Morgan fingerprint density at radius 1 is 1.12 bits per heavy atom. The molecular weight excluding hydrogens is 400 g/mol. The normalized spacial score (nSPS) is 16.3. The van der Waals surface area contributed by atoms with Gasteiger partial charge in [-0.3, -0.25) is 9.78 Å². The molecular formula is C25H26N6O. The summed E-state index contributed by atoms with van der Waals surface area (Å²) in [7, 11) is 0. The summed E-state index contributed by atoms with van der Waals surface area (Å²) in [6.45, 7) is 3.47. The summed E-state index contributed by atoms with van der Waals surface area (Å²) in [6.07, 6.45) is 7.96. The molecule has 5 rings (SSSR count). The number of nitrogens with one attached hydrogen (secondary N) is 1. The van der Waals surface area contributed by atoms with E-state index in [1.54, 1.807) is 6.20 Å². The van der Waals surface area contributed by atoms with Crippen molar-refractivity contribution in [2.45, 2.75) is 32.1 Å². The topological polar surface area (TPSA) is 75.4 Å². The van der Waals surface area contributed by atoms with Gasteiger partial charge in [0.2, 0.25) is 5.91 Å². The quantitative estimate of drug-likeness (QED) is 0.519. The van der Waals surface area contributed by atoms with Crippen LogP contribution in [0.25, 0.3) is 5.65 Å². The lowest BCUT2D eigenvalue weighted by molar-refractivity contribution is -0.131. The number of hydrogen-bond acceptors (Lipinski definition) is 5. The van der Waals surface area contributed by atoms with Crippen LogP contribution < -0.4 is 5.32 Å². The summed E-state index contributed by atoms with van der Waals surface area (Å²) < 4.78 is 2.02. The van der Waals surface area contributed by atoms with E-state index in [-0.39, 0.29) is 11.8 Å². The molecule has 4 aromatic rings. The molecule has 0 spiro atoms. The first-order valence-electron chi connectivity index (χ1n) is 11.0. The highest BCUT2D eigenvalue weighted by Crippen LogP contribution is 2.27. The first kappa shape index (κ1) is 20.2. The van der Waals surface area contributed by atoms with Gasteiger partial charge in [-0.1, -0.05) is 12.1 Å². The van der Waals surface area contributed by atoms with Crippen molar-refractivity contribution in [3.05, 3.63) is 84.2 Å². The Balaban J connectivity index is 1.26. The molecule has 1 saturated heterocycles. The molecule has 0 bridgehead atoms. The molecule has 162 valence electrons. The molecule has 0 aromatic carbocycles. The van der Waals surface area contributed by atoms with Gasteiger partial charge in [0.25, 0.3) is 0 Å². The van der Waals surface area contributed by atoms with Crippen molar-refractivity contribution < 1.29 is 4.79 Å². The second-order valence-corrected chi connectivity index (χ2v) is 8.24. The number of piperidine rings is 1. The van der Waals surface area contributed by atoms with Crippen LogP contribution in [0.5, 0.6) is 0 Å². The van der Waals surface area contributed by atoms with Crippen LogP contribution in [0.1, 0.15) is 35.8 Å². The van der Waals surface area contributed by atoms with Crippen LogP contribution in [0.3, 0.4) is 0 Å². The number of anilines is 2. The monoisotopic (exact) mass is 426 g/mol. The molecule has 1 fully saturated rings. The second kappa shape index (κ2) is 8.78. The van der Waals surface area contributed by atoms with Gasteiger partial charge in [-0.05, 0) is 56.2 Å². The highest BCUT2D eigenvalue weighted by Gasteiger charge is 2.26. The smallest absolute Gasteiger partial charge is 0.228 e. The zero-order valence-electron chi connectivity index (χ0n) is 18.1. The van der Waals surface area contributed by atoms with Gasteiger partial charge in [0, 0.05) is 37.1 Å². The fraction of sp³-hybridized carbons (Fsp3) is 0.280. The fourth-order valence-corrected chi connectivity index (χ4v) is 4.38. The molecule has 1 amide bonds. The number of aryl methyl sites for hydroxylation is 1. The molecule has 0 unspecified atom stereocenters. The Morgan fingerprint density at radius 3 is 2.84 bits per heavy atom. The van der Waals surface area contributed by atoms with Crippen molar-refractivity contribution in [1.82, 2.24) is 24.3 Å². The van der Waals surface area contributed by atoms with E-state index in [2.05, 4.69) is 26.3 Å². The molecule has 0 radical (unpaired) electrons. The largest absolute Gasteiger partial charge is 0.342 e. The lowest BCUT2D eigenvalue weighted by atomic mass is 9.94. The average Bonchev–Trinajstić information content (AvgIpc) is 3.15. The Morgan fingerprint density at radius 2 is 2.03 bits per heavy atom. The number of carbonyl (C=O) groups excluding carboxylic acids is 1. The van der Waals surface area contributed by atoms with Crippen LogP contribution in [-0.4, -0.2) is 43.2 Å². The van der Waals surface area contributed by atoms with Gasteiger partial charge in [-0.25, -0.2) is 9.97 Å². The molecule has 32 heavy (non-hydrogen) atoms. The number of pyridine rings is 3. The molecule has 1 N–H and O–H groups in total. The molecule has 5 heterocycles. The van der Waals surface area contributed by atoms with E-state index in [4.69, 9.17) is 0 Å². The Kier molecular flexibility index (Phi) is 5.54. The van der Waals surface area contributed by atoms with Crippen LogP contribution >= 0.6 is 0 Å². The molecule has 7 heteroatoms. The summed E-state index contributed by atoms with van der Waals surface area (Å²) >= 11 is 0. The molecule has 1 aliphatic heterocycles. The van der Waals surface area contributed by atoms with E-state index in [1.807, 2.05) is 71.1 Å². The van der Waals surface area contributed by atoms with Crippen molar-refractivity contribution in [2.24, 2.45) is 0 Å². The number of amides is 1. The summed E-state index contributed by atoms with van der Waals surface area (Å²) in [5, 5.41) is 3.26. The SMILES string of the molecule is Cc1nc2ccccn2c1CC(=O)N1CCC[C@H](c2ccc(Nc3ccccn3)cn2)C1. The number of imidazole rings is 1. The van der Waals surface area contributed by atoms with E-state index >= 15 is 0 Å². The average molecular weight is 427 g/mol. The predicted octanol–water partition coefficient (Wildman–Crippen LogP) is 4.13. The standard InChI is InChI=1S/C25H26N6O/c1-18-22(31-14-5-3-9-24(31)28-18)15-25(32)30-13-6-7-19(17-30)21-11-10-20(16-27-21)29-23-8-2-4-12-26-23/h2-5,8-12,14,16,19H,6-7,13,15,17H2,1H3,(H,26,29)/t19-/m0/s1. The number of fused-ring (bicyclic) bond motifs is 1. The van der Waals surface area contributed by atoms with E-state index in [0.717, 1.165) is 53.6 Å². The van der Waals surface area contributed by atoms with Crippen LogP contribution in [0.4, 0.5) is 11.5 Å². The number of nitrogens with zero attached hydrogens (tertiary/aromatic N) is 5. The van der Waals surface area contributed by atoms with E-state index in [0.29, 0.717) is 13.0 Å². The van der Waals surface area contributed by atoms with Crippen LogP contribution in [0, 0.1) is 6.92 Å². The van der Waals surface area contributed by atoms with Gasteiger partial charge in [0.1, 0.15) is 11.5 Å².